The molecular weight excluding hydrogens is 228 g/mol. The Balaban J connectivity index is 2.22. The van der Waals surface area contributed by atoms with Gasteiger partial charge in [0.05, 0.1) is 12.5 Å². The van der Waals surface area contributed by atoms with Gasteiger partial charge in [0.25, 0.3) is 0 Å². The van der Waals surface area contributed by atoms with Crippen LogP contribution >= 0.6 is 0 Å². The molecule has 0 heterocycles. The smallest absolute Gasteiger partial charge is 0.309 e. The first kappa shape index (κ1) is 12.9. The number of ether oxygens (including phenoxy) is 1. The van der Waals surface area contributed by atoms with Crippen molar-refractivity contribution in [2.45, 2.75) is 39.0 Å². The van der Waals surface area contributed by atoms with Gasteiger partial charge in [-0.25, -0.2) is 0 Å². The standard InChI is InChI=1S/C15H20O3/c1-15(2,14(16)17)9-10-4-7-12(11-5-6-11)13(8-10)18-3/h4,7-8,11H,5-6,9H2,1-3H3,(H,16,17). The molecule has 0 aliphatic heterocycles. The minimum Gasteiger partial charge on any atom is -0.496 e. The summed E-state index contributed by atoms with van der Waals surface area (Å²) in [7, 11) is 1.67. The van der Waals surface area contributed by atoms with E-state index in [0.29, 0.717) is 12.3 Å². The van der Waals surface area contributed by atoms with E-state index >= 15 is 0 Å². The van der Waals surface area contributed by atoms with Crippen molar-refractivity contribution < 1.29 is 14.6 Å². The van der Waals surface area contributed by atoms with E-state index in [1.165, 1.54) is 18.4 Å². The van der Waals surface area contributed by atoms with Gasteiger partial charge >= 0.3 is 5.97 Å². The number of rotatable bonds is 5. The summed E-state index contributed by atoms with van der Waals surface area (Å²) in [5.74, 6) is 0.769. The van der Waals surface area contributed by atoms with Crippen LogP contribution in [0.25, 0.3) is 0 Å². The number of carboxylic acid groups (broad SMARTS) is 1. The number of hydrogen-bond acceptors (Lipinski definition) is 2. The fraction of sp³-hybridized carbons (Fsp3) is 0.533. The van der Waals surface area contributed by atoms with E-state index in [4.69, 9.17) is 9.84 Å². The lowest BCUT2D eigenvalue weighted by molar-refractivity contribution is -0.146. The summed E-state index contributed by atoms with van der Waals surface area (Å²) in [5.41, 5.74) is 1.53. The minimum atomic E-state index is -0.771. The summed E-state index contributed by atoms with van der Waals surface area (Å²) in [5, 5.41) is 9.15. The minimum absolute atomic E-state index is 0.517. The van der Waals surface area contributed by atoms with Crippen molar-refractivity contribution in [3.63, 3.8) is 0 Å². The van der Waals surface area contributed by atoms with E-state index in [1.54, 1.807) is 21.0 Å². The second kappa shape index (κ2) is 4.63. The highest BCUT2D eigenvalue weighted by Crippen LogP contribution is 2.44. The molecule has 1 N–H and O–H groups in total. The van der Waals surface area contributed by atoms with E-state index in [0.717, 1.165) is 11.3 Å². The van der Waals surface area contributed by atoms with Crippen LogP contribution in [0, 0.1) is 5.41 Å². The van der Waals surface area contributed by atoms with E-state index in [9.17, 15) is 4.79 Å². The second-order valence-electron chi connectivity index (χ2n) is 5.72. The SMILES string of the molecule is COc1cc(CC(C)(C)C(=O)O)ccc1C1CC1. The maximum atomic E-state index is 11.1. The van der Waals surface area contributed by atoms with Crippen molar-refractivity contribution >= 4 is 5.97 Å². The Kier molecular flexibility index (Phi) is 3.33. The molecule has 0 saturated heterocycles. The molecule has 0 amide bonds. The van der Waals surface area contributed by atoms with Crippen LogP contribution in [-0.4, -0.2) is 18.2 Å². The second-order valence-corrected chi connectivity index (χ2v) is 5.72. The highest BCUT2D eigenvalue weighted by atomic mass is 16.5. The average Bonchev–Trinajstić information content (AvgIpc) is 3.12. The molecule has 0 spiro atoms. The van der Waals surface area contributed by atoms with Crippen LogP contribution in [0.1, 0.15) is 43.7 Å². The van der Waals surface area contributed by atoms with Gasteiger partial charge in [0.2, 0.25) is 0 Å². The van der Waals surface area contributed by atoms with Crippen LogP contribution in [0.4, 0.5) is 0 Å². The van der Waals surface area contributed by atoms with Crippen LogP contribution < -0.4 is 4.74 Å². The van der Waals surface area contributed by atoms with Gasteiger partial charge in [-0.15, -0.1) is 0 Å². The quantitative estimate of drug-likeness (QED) is 0.870. The monoisotopic (exact) mass is 248 g/mol. The largest absolute Gasteiger partial charge is 0.496 e. The molecule has 3 heteroatoms. The van der Waals surface area contributed by atoms with Gasteiger partial charge in [-0.1, -0.05) is 12.1 Å². The van der Waals surface area contributed by atoms with Crippen molar-refractivity contribution in [2.24, 2.45) is 5.41 Å². The molecule has 1 aliphatic rings. The molecule has 1 aromatic rings. The highest BCUT2D eigenvalue weighted by Gasteiger charge is 2.29. The number of aliphatic carboxylic acids is 1. The first-order chi connectivity index (χ1) is 8.44. The molecule has 1 fully saturated rings. The van der Waals surface area contributed by atoms with Gasteiger partial charge in [0, 0.05) is 0 Å². The van der Waals surface area contributed by atoms with Crippen LogP contribution in [0.2, 0.25) is 0 Å². The highest BCUT2D eigenvalue weighted by molar-refractivity contribution is 5.74. The van der Waals surface area contributed by atoms with Gasteiger partial charge < -0.3 is 9.84 Å². The Morgan fingerprint density at radius 3 is 2.61 bits per heavy atom. The van der Waals surface area contributed by atoms with Crippen molar-refractivity contribution in [3.8, 4) is 5.75 Å². The predicted octanol–water partition coefficient (Wildman–Crippen LogP) is 3.23. The Morgan fingerprint density at radius 2 is 2.11 bits per heavy atom. The topological polar surface area (TPSA) is 46.5 Å². The Morgan fingerprint density at radius 1 is 1.44 bits per heavy atom. The molecule has 0 bridgehead atoms. The van der Waals surface area contributed by atoms with E-state index in [2.05, 4.69) is 6.07 Å². The van der Waals surface area contributed by atoms with Gasteiger partial charge in [0.15, 0.2) is 0 Å². The maximum Gasteiger partial charge on any atom is 0.309 e. The van der Waals surface area contributed by atoms with E-state index < -0.39 is 11.4 Å². The van der Waals surface area contributed by atoms with Crippen LogP contribution in [0.3, 0.4) is 0 Å². The predicted molar refractivity (Wildman–Crippen MR) is 70.1 cm³/mol. The van der Waals surface area contributed by atoms with E-state index in [1.807, 2.05) is 12.1 Å². The maximum absolute atomic E-state index is 11.1. The Bertz CT molecular complexity index is 459. The average molecular weight is 248 g/mol. The number of methoxy groups -OCH3 is 1. The zero-order chi connectivity index (χ0) is 13.3. The molecule has 18 heavy (non-hydrogen) atoms. The van der Waals surface area contributed by atoms with Gasteiger partial charge in [-0.05, 0) is 56.2 Å². The summed E-state index contributed by atoms with van der Waals surface area (Å²) in [6.45, 7) is 3.49. The molecule has 1 aliphatic carbocycles. The summed E-state index contributed by atoms with van der Waals surface area (Å²) in [6.07, 6.45) is 2.98. The van der Waals surface area contributed by atoms with Crippen LogP contribution in [0.5, 0.6) is 5.75 Å². The summed E-state index contributed by atoms with van der Waals surface area (Å²) < 4.78 is 5.41. The molecule has 0 radical (unpaired) electrons. The first-order valence-electron chi connectivity index (χ1n) is 6.34. The van der Waals surface area contributed by atoms with Crippen molar-refractivity contribution in [2.75, 3.05) is 7.11 Å². The number of hydrogen-bond donors (Lipinski definition) is 1. The normalized spacial score (nSPS) is 15.5. The van der Waals surface area contributed by atoms with E-state index in [-0.39, 0.29) is 0 Å². The third-order valence-electron chi connectivity index (χ3n) is 3.54. The lowest BCUT2D eigenvalue weighted by Gasteiger charge is -2.20. The molecular formula is C15H20O3. The molecule has 1 saturated carbocycles. The van der Waals surface area contributed by atoms with Crippen molar-refractivity contribution in [3.05, 3.63) is 29.3 Å². The van der Waals surface area contributed by atoms with Crippen molar-refractivity contribution in [1.82, 2.24) is 0 Å². The van der Waals surface area contributed by atoms with Crippen molar-refractivity contribution in [1.29, 1.82) is 0 Å². The molecule has 1 aromatic carbocycles. The summed E-state index contributed by atoms with van der Waals surface area (Å²) in [6, 6.07) is 6.10. The van der Waals surface area contributed by atoms with Gasteiger partial charge in [-0.2, -0.15) is 0 Å². The lowest BCUT2D eigenvalue weighted by atomic mass is 9.85. The Hall–Kier alpha value is -1.51. The number of carboxylic acids is 1. The lowest BCUT2D eigenvalue weighted by Crippen LogP contribution is -2.26. The third-order valence-corrected chi connectivity index (χ3v) is 3.54. The molecule has 2 rings (SSSR count). The van der Waals surface area contributed by atoms with Crippen LogP contribution in [-0.2, 0) is 11.2 Å². The van der Waals surface area contributed by atoms with Gasteiger partial charge in [0.1, 0.15) is 5.75 Å². The molecule has 3 nitrogen and oxygen atoms in total. The third kappa shape index (κ3) is 2.66. The molecule has 0 atom stereocenters. The zero-order valence-corrected chi connectivity index (χ0v) is 11.2. The van der Waals surface area contributed by atoms with Crippen LogP contribution in [0.15, 0.2) is 18.2 Å². The fourth-order valence-corrected chi connectivity index (χ4v) is 2.18. The first-order valence-corrected chi connectivity index (χ1v) is 6.34. The Labute approximate surface area is 108 Å². The molecule has 0 unspecified atom stereocenters. The fourth-order valence-electron chi connectivity index (χ4n) is 2.18. The molecule has 0 aromatic heterocycles. The summed E-state index contributed by atoms with van der Waals surface area (Å²) >= 11 is 0. The zero-order valence-electron chi connectivity index (χ0n) is 11.2. The number of benzene rings is 1. The number of carbonyl (C=O) groups is 1. The van der Waals surface area contributed by atoms with Gasteiger partial charge in [-0.3, -0.25) is 4.79 Å². The molecule has 98 valence electrons. The summed E-state index contributed by atoms with van der Waals surface area (Å²) in [4.78, 5) is 11.1.